The minimum absolute atomic E-state index is 0.108. The van der Waals surface area contributed by atoms with Crippen molar-refractivity contribution in [2.24, 2.45) is 5.92 Å². The predicted molar refractivity (Wildman–Crippen MR) is 391 cm³/mol. The quantitative estimate of drug-likeness (QED) is 0.0222. The molecule has 0 rings (SSSR count). The third-order valence-electron chi connectivity index (χ3n) is 18.0. The Kier molecular flexibility index (Phi) is 68.7. The van der Waals surface area contributed by atoms with Crippen LogP contribution in [0.1, 0.15) is 407 Å². The van der Waals surface area contributed by atoms with Crippen LogP contribution in [0.15, 0.2) is 0 Å². The molecule has 0 saturated carbocycles. The first kappa shape index (κ1) is 94.1. The molecule has 0 fully saturated rings. The highest BCUT2D eigenvalue weighted by Gasteiger charge is 2.30. The van der Waals surface area contributed by atoms with Crippen LogP contribution in [0, 0.1) is 5.92 Å². The maximum absolute atomic E-state index is 13.1. The first-order valence-electron chi connectivity index (χ1n) is 40.1. The summed E-state index contributed by atoms with van der Waals surface area (Å²) in [4.78, 5) is 72.9. The number of rotatable bonds is 77. The highest BCUT2D eigenvalue weighted by Crippen LogP contribution is 2.45. The van der Waals surface area contributed by atoms with Gasteiger partial charge in [0.15, 0.2) is 12.2 Å². The van der Waals surface area contributed by atoms with Gasteiger partial charge in [-0.2, -0.15) is 0 Å². The highest BCUT2D eigenvalue weighted by atomic mass is 31.2. The van der Waals surface area contributed by atoms with E-state index in [1.807, 2.05) is 0 Å². The number of ether oxygens (including phenoxy) is 4. The lowest BCUT2D eigenvalue weighted by atomic mass is 10.0. The summed E-state index contributed by atoms with van der Waals surface area (Å²) in [5, 5.41) is 10.6. The van der Waals surface area contributed by atoms with E-state index in [1.165, 1.54) is 231 Å². The minimum Gasteiger partial charge on any atom is -0.462 e. The van der Waals surface area contributed by atoms with Crippen LogP contribution in [-0.4, -0.2) is 96.7 Å². The molecule has 19 heteroatoms. The normalized spacial score (nSPS) is 13.9. The largest absolute Gasteiger partial charge is 0.472 e. The molecule has 5 atom stereocenters. The van der Waals surface area contributed by atoms with E-state index in [9.17, 15) is 43.2 Å². The van der Waals surface area contributed by atoms with Gasteiger partial charge in [0.25, 0.3) is 0 Å². The summed E-state index contributed by atoms with van der Waals surface area (Å²) in [5.41, 5.74) is 0. The minimum atomic E-state index is -4.96. The topological polar surface area (TPSA) is 237 Å². The number of phosphoric ester groups is 2. The zero-order chi connectivity index (χ0) is 70.5. The van der Waals surface area contributed by atoms with Gasteiger partial charge in [0, 0.05) is 25.7 Å². The van der Waals surface area contributed by atoms with Crippen molar-refractivity contribution in [2.75, 3.05) is 39.6 Å². The smallest absolute Gasteiger partial charge is 0.462 e. The first-order valence-corrected chi connectivity index (χ1v) is 43.1. The first-order chi connectivity index (χ1) is 46.5. The molecule has 0 bridgehead atoms. The second-order valence-corrected chi connectivity index (χ2v) is 31.1. The molecule has 3 N–H and O–H groups in total. The molecule has 17 nitrogen and oxygen atoms in total. The zero-order valence-corrected chi connectivity index (χ0v) is 64.3. The van der Waals surface area contributed by atoms with Gasteiger partial charge in [-0.15, -0.1) is 0 Å². The average Bonchev–Trinajstić information content (AvgIpc) is 1.28. The summed E-state index contributed by atoms with van der Waals surface area (Å²) in [5.74, 6) is -1.31. The third-order valence-corrected chi connectivity index (χ3v) is 19.9. The van der Waals surface area contributed by atoms with Crippen molar-refractivity contribution in [1.82, 2.24) is 0 Å². The van der Waals surface area contributed by atoms with Crippen LogP contribution >= 0.6 is 15.6 Å². The number of aliphatic hydroxyl groups excluding tert-OH is 1. The average molecular weight is 1410 g/mol. The number of carbonyl (C=O) groups is 4. The molecule has 570 valence electrons. The number of hydrogen-bond acceptors (Lipinski definition) is 15. The predicted octanol–water partition coefficient (Wildman–Crippen LogP) is 22.9. The fourth-order valence-corrected chi connectivity index (χ4v) is 13.5. The van der Waals surface area contributed by atoms with E-state index in [2.05, 4.69) is 34.6 Å². The molecular formula is C77H150O17P2. The maximum Gasteiger partial charge on any atom is 0.472 e. The monoisotopic (exact) mass is 1410 g/mol. The highest BCUT2D eigenvalue weighted by molar-refractivity contribution is 7.47. The van der Waals surface area contributed by atoms with Gasteiger partial charge in [-0.3, -0.25) is 37.3 Å². The number of aliphatic hydroxyl groups is 1. The lowest BCUT2D eigenvalue weighted by molar-refractivity contribution is -0.161. The summed E-state index contributed by atoms with van der Waals surface area (Å²) in [6.45, 7) is 7.34. The Bertz CT molecular complexity index is 1840. The van der Waals surface area contributed by atoms with E-state index in [4.69, 9.17) is 37.0 Å². The van der Waals surface area contributed by atoms with Crippen LogP contribution in [0.3, 0.4) is 0 Å². The Hall–Kier alpha value is -1.94. The molecule has 0 aliphatic carbocycles. The van der Waals surface area contributed by atoms with Crippen LogP contribution < -0.4 is 0 Å². The van der Waals surface area contributed by atoms with Crippen molar-refractivity contribution < 1.29 is 80.2 Å². The molecule has 2 unspecified atom stereocenters. The lowest BCUT2D eigenvalue weighted by Gasteiger charge is -2.21. The van der Waals surface area contributed by atoms with E-state index in [0.29, 0.717) is 25.7 Å². The Balaban J connectivity index is 5.25. The van der Waals surface area contributed by atoms with Gasteiger partial charge in [-0.05, 0) is 31.6 Å². The Morgan fingerprint density at radius 2 is 0.479 bits per heavy atom. The third kappa shape index (κ3) is 70.5. The molecule has 0 aliphatic rings. The molecule has 0 aromatic heterocycles. The molecule has 0 spiro atoms. The number of esters is 4. The van der Waals surface area contributed by atoms with E-state index < -0.39 is 97.5 Å². The summed E-state index contributed by atoms with van der Waals surface area (Å²) in [6.07, 6.45) is 59.4. The van der Waals surface area contributed by atoms with Gasteiger partial charge in [-0.25, -0.2) is 9.13 Å². The Labute approximate surface area is 588 Å². The van der Waals surface area contributed by atoms with Gasteiger partial charge in [0.1, 0.15) is 19.3 Å². The molecule has 96 heavy (non-hydrogen) atoms. The van der Waals surface area contributed by atoms with E-state index in [-0.39, 0.29) is 25.7 Å². The molecular weight excluding hydrogens is 1260 g/mol. The summed E-state index contributed by atoms with van der Waals surface area (Å²) in [7, 11) is -9.91. The van der Waals surface area contributed by atoms with Crippen molar-refractivity contribution >= 4 is 39.5 Å². The molecule has 0 aromatic rings. The summed E-state index contributed by atoms with van der Waals surface area (Å²) < 4.78 is 68.6. The van der Waals surface area contributed by atoms with Crippen molar-refractivity contribution in [1.29, 1.82) is 0 Å². The number of unbranched alkanes of at least 4 members (excludes halogenated alkanes) is 49. The van der Waals surface area contributed by atoms with Gasteiger partial charge in [0.05, 0.1) is 26.4 Å². The van der Waals surface area contributed by atoms with Gasteiger partial charge >= 0.3 is 39.5 Å². The molecule has 0 saturated heterocycles. The lowest BCUT2D eigenvalue weighted by Crippen LogP contribution is -2.30. The Morgan fingerprint density at radius 3 is 0.708 bits per heavy atom. The van der Waals surface area contributed by atoms with E-state index in [0.717, 1.165) is 95.8 Å². The van der Waals surface area contributed by atoms with Gasteiger partial charge in [0.2, 0.25) is 0 Å². The molecule has 0 radical (unpaired) electrons. The fraction of sp³-hybridized carbons (Fsp3) is 0.948. The second kappa shape index (κ2) is 70.1. The van der Waals surface area contributed by atoms with Crippen LogP contribution in [0.2, 0.25) is 0 Å². The second-order valence-electron chi connectivity index (χ2n) is 28.2. The van der Waals surface area contributed by atoms with Crippen LogP contribution in [0.4, 0.5) is 0 Å². The standard InChI is InChI=1S/C77H150O17P2/c1-6-9-12-15-18-21-24-30-36-41-46-51-56-61-75(80)88-67-73(94-77(82)63-58-53-48-43-38-33-29-27-28-32-34-39-44-49-54-59-70(4)5)69-92-96(85,86)90-65-71(78)64-89-95(83,84)91-68-72(66-87-74(79)60-55-50-45-40-35-26-23-20-17-14-11-8-3)93-76(81)62-57-52-47-42-37-31-25-22-19-16-13-10-7-2/h70-73,78H,6-69H2,1-5H3,(H,83,84)(H,85,86)/t71-,72+,73+/m0/s1. The molecule has 0 heterocycles. The molecule has 0 aliphatic heterocycles. The maximum atomic E-state index is 13.1. The van der Waals surface area contributed by atoms with Crippen molar-refractivity contribution in [3.63, 3.8) is 0 Å². The van der Waals surface area contributed by atoms with Gasteiger partial charge in [-0.1, -0.05) is 356 Å². The van der Waals surface area contributed by atoms with Crippen molar-refractivity contribution in [3.05, 3.63) is 0 Å². The van der Waals surface area contributed by atoms with E-state index in [1.54, 1.807) is 0 Å². The fourth-order valence-electron chi connectivity index (χ4n) is 11.9. The van der Waals surface area contributed by atoms with Crippen LogP contribution in [0.5, 0.6) is 0 Å². The van der Waals surface area contributed by atoms with Gasteiger partial charge < -0.3 is 33.8 Å². The Morgan fingerprint density at radius 1 is 0.281 bits per heavy atom. The zero-order valence-electron chi connectivity index (χ0n) is 62.5. The van der Waals surface area contributed by atoms with Crippen molar-refractivity contribution in [3.8, 4) is 0 Å². The number of hydrogen-bond donors (Lipinski definition) is 3. The van der Waals surface area contributed by atoms with E-state index >= 15 is 0 Å². The van der Waals surface area contributed by atoms with Crippen molar-refractivity contribution in [2.45, 2.75) is 425 Å². The number of phosphoric acid groups is 2. The molecule has 0 aromatic carbocycles. The van der Waals surface area contributed by atoms with Crippen LogP contribution in [0.25, 0.3) is 0 Å². The summed E-state index contributed by atoms with van der Waals surface area (Å²) >= 11 is 0. The SMILES string of the molecule is CCCCCCCCCCCCCCCC(=O)OC[C@H](COP(=O)(O)OC[C@@H](O)COP(=O)(O)OC[C@@H](COC(=O)CCCCCCCCCCCCCC)OC(=O)CCCCCCCCCCCCCCC)OC(=O)CCCCCCCCCCCCCCCCCC(C)C. The summed E-state index contributed by atoms with van der Waals surface area (Å²) in [6, 6.07) is 0. The molecule has 0 amide bonds. The number of carbonyl (C=O) groups excluding carboxylic acids is 4. The van der Waals surface area contributed by atoms with Crippen LogP contribution in [-0.2, 0) is 65.4 Å².